The lowest BCUT2D eigenvalue weighted by Gasteiger charge is -2.20. The summed E-state index contributed by atoms with van der Waals surface area (Å²) in [7, 11) is 1.54. The van der Waals surface area contributed by atoms with E-state index in [4.69, 9.17) is 10.7 Å². The zero-order valence-electron chi connectivity index (χ0n) is 18.3. The van der Waals surface area contributed by atoms with Crippen molar-refractivity contribution >= 4 is 51.2 Å². The number of nitrogens with two attached hydrogens (primary N) is 1. The number of anilines is 3. The van der Waals surface area contributed by atoms with Gasteiger partial charge in [-0.3, -0.25) is 10.1 Å². The minimum absolute atomic E-state index is 0.0947. The van der Waals surface area contributed by atoms with Gasteiger partial charge in [0.15, 0.2) is 5.13 Å². The second kappa shape index (κ2) is 9.11. The van der Waals surface area contributed by atoms with Gasteiger partial charge in [0.25, 0.3) is 0 Å². The van der Waals surface area contributed by atoms with Crippen LogP contribution in [0.2, 0.25) is 0 Å². The van der Waals surface area contributed by atoms with Crippen molar-refractivity contribution in [2.75, 3.05) is 23.4 Å². The van der Waals surface area contributed by atoms with Gasteiger partial charge in [-0.25, -0.2) is 14.8 Å². The van der Waals surface area contributed by atoms with E-state index in [1.807, 2.05) is 29.6 Å². The summed E-state index contributed by atoms with van der Waals surface area (Å²) < 4.78 is 0. The Morgan fingerprint density at radius 2 is 2.06 bits per heavy atom. The molecule has 3 aromatic rings. The van der Waals surface area contributed by atoms with Crippen molar-refractivity contribution in [3.63, 3.8) is 0 Å². The Morgan fingerprint density at radius 3 is 2.82 bits per heavy atom. The van der Waals surface area contributed by atoms with Crippen LogP contribution in [0.5, 0.6) is 0 Å². The van der Waals surface area contributed by atoms with Gasteiger partial charge in [-0.1, -0.05) is 29.9 Å². The molecule has 5 N–H and O–H groups in total. The number of thiazole rings is 2. The van der Waals surface area contributed by atoms with E-state index in [0.717, 1.165) is 33.8 Å². The summed E-state index contributed by atoms with van der Waals surface area (Å²) in [5.41, 5.74) is 8.55. The Kier molecular flexibility index (Phi) is 6.03. The highest BCUT2D eigenvalue weighted by Crippen LogP contribution is 2.49. The number of nitrogen functional groups attached to an aromatic ring is 1. The molecule has 0 spiro atoms. The largest absolute Gasteiger partial charge is 0.382 e. The second-order valence-corrected chi connectivity index (χ2v) is 10.6. The summed E-state index contributed by atoms with van der Waals surface area (Å²) in [6.45, 7) is 0. The maximum atomic E-state index is 12.6. The van der Waals surface area contributed by atoms with Crippen LogP contribution < -0.4 is 21.7 Å². The lowest BCUT2D eigenvalue weighted by Crippen LogP contribution is -2.24. The van der Waals surface area contributed by atoms with Crippen LogP contribution in [0.25, 0.3) is 21.1 Å². The van der Waals surface area contributed by atoms with Gasteiger partial charge in [0.2, 0.25) is 5.91 Å². The third-order valence-corrected chi connectivity index (χ3v) is 8.56. The van der Waals surface area contributed by atoms with Crippen molar-refractivity contribution < 1.29 is 9.59 Å². The third-order valence-electron chi connectivity index (χ3n) is 6.57. The maximum absolute atomic E-state index is 12.6. The van der Waals surface area contributed by atoms with E-state index >= 15 is 0 Å². The maximum Gasteiger partial charge on any atom is 0.320 e. The summed E-state index contributed by atoms with van der Waals surface area (Å²) in [6.07, 6.45) is 5.77. The Hall–Kier alpha value is -2.98. The summed E-state index contributed by atoms with van der Waals surface area (Å²) in [5, 5.41) is 11.3. The highest BCUT2D eigenvalue weighted by atomic mass is 32.1. The fourth-order valence-corrected chi connectivity index (χ4v) is 6.85. The zero-order valence-corrected chi connectivity index (χ0v) is 19.9. The van der Waals surface area contributed by atoms with Gasteiger partial charge in [0.1, 0.15) is 15.7 Å². The van der Waals surface area contributed by atoms with Crippen molar-refractivity contribution in [3.05, 3.63) is 29.6 Å². The lowest BCUT2D eigenvalue weighted by atomic mass is 9.86. The highest BCUT2D eigenvalue weighted by molar-refractivity contribution is 7.23. The first kappa shape index (κ1) is 21.8. The molecule has 2 heterocycles. The van der Waals surface area contributed by atoms with Crippen LogP contribution in [0, 0.1) is 17.8 Å². The zero-order chi connectivity index (χ0) is 22.9. The molecule has 2 aliphatic carbocycles. The molecule has 0 saturated heterocycles. The molecule has 172 valence electrons. The van der Waals surface area contributed by atoms with E-state index in [-0.39, 0.29) is 11.9 Å². The number of nitrogens with one attached hydrogen (secondary N) is 3. The molecule has 33 heavy (non-hydrogen) atoms. The van der Waals surface area contributed by atoms with Gasteiger partial charge in [0, 0.05) is 30.1 Å². The van der Waals surface area contributed by atoms with Crippen molar-refractivity contribution in [2.24, 2.45) is 17.8 Å². The van der Waals surface area contributed by atoms with Gasteiger partial charge < -0.3 is 16.4 Å². The van der Waals surface area contributed by atoms with E-state index in [1.165, 1.54) is 55.4 Å². The van der Waals surface area contributed by atoms with Crippen molar-refractivity contribution in [1.29, 1.82) is 0 Å². The number of rotatable bonds is 6. The molecule has 3 unspecified atom stereocenters. The average Bonchev–Trinajstić information content (AvgIpc) is 3.58. The van der Waals surface area contributed by atoms with E-state index in [2.05, 4.69) is 20.9 Å². The van der Waals surface area contributed by atoms with Crippen molar-refractivity contribution in [3.8, 4) is 21.1 Å². The van der Waals surface area contributed by atoms with E-state index in [9.17, 15) is 9.59 Å². The lowest BCUT2D eigenvalue weighted by molar-refractivity contribution is -0.117. The van der Waals surface area contributed by atoms with Crippen LogP contribution in [0.4, 0.5) is 21.4 Å². The molecular weight excluding hydrogens is 456 g/mol. The number of carbonyl (C=O) groups excluding carboxylic acids is 2. The monoisotopic (exact) mass is 482 g/mol. The Morgan fingerprint density at radius 1 is 1.18 bits per heavy atom. The Balaban J connectivity index is 1.27. The van der Waals surface area contributed by atoms with Crippen LogP contribution in [0.3, 0.4) is 0 Å². The number of hydrogen-bond donors (Lipinski definition) is 4. The molecule has 2 saturated carbocycles. The molecule has 2 fully saturated rings. The van der Waals surface area contributed by atoms with Gasteiger partial charge in [-0.15, -0.1) is 11.3 Å². The molecule has 1 aromatic carbocycles. The Bertz CT molecular complexity index is 1190. The number of hydrogen-bond acceptors (Lipinski definition) is 7. The first-order valence-corrected chi connectivity index (χ1v) is 12.8. The molecule has 0 aliphatic heterocycles. The topological polar surface area (TPSA) is 122 Å². The SMILES string of the molecule is CNC(=O)Nc1nc(N)c(-c2nc(-c3cccc(NC(=O)CC4CC5CCC4C5)c3)cs2)s1. The van der Waals surface area contributed by atoms with Crippen LogP contribution >= 0.6 is 22.7 Å². The number of aromatic nitrogens is 2. The molecule has 2 bridgehead atoms. The summed E-state index contributed by atoms with van der Waals surface area (Å²) in [6, 6.07) is 7.40. The number of urea groups is 1. The van der Waals surface area contributed by atoms with Crippen molar-refractivity contribution in [1.82, 2.24) is 15.3 Å². The Labute approximate surface area is 200 Å². The first-order chi connectivity index (χ1) is 16.0. The average molecular weight is 483 g/mol. The second-order valence-electron chi connectivity index (χ2n) is 8.74. The molecular formula is C23H26N6O2S2. The minimum Gasteiger partial charge on any atom is -0.382 e. The fourth-order valence-electron chi connectivity index (χ4n) is 5.04. The van der Waals surface area contributed by atoms with Gasteiger partial charge in [-0.2, -0.15) is 0 Å². The number of nitrogens with zero attached hydrogens (tertiary/aromatic N) is 2. The number of amides is 3. The van der Waals surface area contributed by atoms with Gasteiger partial charge in [-0.05, 0) is 49.1 Å². The molecule has 5 rings (SSSR count). The van der Waals surface area contributed by atoms with Crippen LogP contribution in [-0.2, 0) is 4.79 Å². The predicted octanol–water partition coefficient (Wildman–Crippen LogP) is 5.03. The molecule has 0 radical (unpaired) electrons. The molecule has 3 atom stereocenters. The number of benzene rings is 1. The summed E-state index contributed by atoms with van der Waals surface area (Å²) in [5.74, 6) is 2.55. The molecule has 2 aromatic heterocycles. The summed E-state index contributed by atoms with van der Waals surface area (Å²) in [4.78, 5) is 33.8. The van der Waals surface area contributed by atoms with E-state index in [1.54, 1.807) is 0 Å². The highest BCUT2D eigenvalue weighted by Gasteiger charge is 2.40. The standard InChI is InChI=1S/C23H26N6O2S2/c1-25-22(31)29-23-28-20(24)19(33-23)21-27-17(11-32-21)14-3-2-4-16(9-14)26-18(30)10-15-8-12-5-6-13(15)7-12/h2-4,9,11-13,15H,5-8,10,24H2,1H3,(H,26,30)(H2,25,28,29,31). The fraction of sp³-hybridized carbons (Fsp3) is 0.391. The molecule has 3 amide bonds. The molecule has 10 heteroatoms. The van der Waals surface area contributed by atoms with Crippen LogP contribution in [0.1, 0.15) is 32.1 Å². The molecule has 8 nitrogen and oxygen atoms in total. The smallest absolute Gasteiger partial charge is 0.320 e. The van der Waals surface area contributed by atoms with Crippen molar-refractivity contribution in [2.45, 2.75) is 32.1 Å². The summed E-state index contributed by atoms with van der Waals surface area (Å²) >= 11 is 2.74. The van der Waals surface area contributed by atoms with Gasteiger partial charge >= 0.3 is 6.03 Å². The quantitative estimate of drug-likeness (QED) is 0.392. The molecule has 2 aliphatic rings. The van der Waals surface area contributed by atoms with E-state index < -0.39 is 0 Å². The predicted molar refractivity (Wildman–Crippen MR) is 133 cm³/mol. The van der Waals surface area contributed by atoms with Crippen LogP contribution in [-0.4, -0.2) is 29.0 Å². The van der Waals surface area contributed by atoms with Gasteiger partial charge in [0.05, 0.1) is 5.69 Å². The van der Waals surface area contributed by atoms with E-state index in [0.29, 0.717) is 28.2 Å². The third kappa shape index (κ3) is 4.72. The van der Waals surface area contributed by atoms with Crippen LogP contribution in [0.15, 0.2) is 29.6 Å². The number of fused-ring (bicyclic) bond motifs is 2. The normalized spacial score (nSPS) is 21.2. The minimum atomic E-state index is -0.352. The first-order valence-electron chi connectivity index (χ1n) is 11.1. The number of carbonyl (C=O) groups is 2.